The van der Waals surface area contributed by atoms with E-state index in [1.807, 2.05) is 49.0 Å². The number of benzene rings is 1. The van der Waals surface area contributed by atoms with Gasteiger partial charge in [0.05, 0.1) is 11.4 Å². The van der Waals surface area contributed by atoms with Gasteiger partial charge < -0.3 is 5.32 Å². The van der Waals surface area contributed by atoms with Crippen molar-refractivity contribution in [1.82, 2.24) is 9.78 Å². The molecule has 0 atom stereocenters. The lowest BCUT2D eigenvalue weighted by atomic mass is 10.3. The Bertz CT molecular complexity index is 459. The fourth-order valence-electron chi connectivity index (χ4n) is 1.46. The lowest BCUT2D eigenvalue weighted by molar-refractivity contribution is 0.867. The van der Waals surface area contributed by atoms with Crippen LogP contribution in [0.5, 0.6) is 0 Å². The molecule has 15 heavy (non-hydrogen) atoms. The number of anilines is 1. The molecule has 0 aliphatic rings. The Morgan fingerprint density at radius 2 is 1.93 bits per heavy atom. The SMILES string of the molecule is CNc1cc(C)nn1-c1ccc(Cl)cc1. The van der Waals surface area contributed by atoms with Crippen molar-refractivity contribution < 1.29 is 0 Å². The van der Waals surface area contributed by atoms with Gasteiger partial charge in [-0.15, -0.1) is 0 Å². The molecule has 78 valence electrons. The molecule has 1 heterocycles. The first kappa shape index (κ1) is 10.1. The first-order valence-electron chi connectivity index (χ1n) is 4.71. The molecule has 1 aromatic heterocycles. The summed E-state index contributed by atoms with van der Waals surface area (Å²) < 4.78 is 1.85. The maximum atomic E-state index is 5.83. The van der Waals surface area contributed by atoms with Crippen LogP contribution in [-0.4, -0.2) is 16.8 Å². The van der Waals surface area contributed by atoms with Crippen LogP contribution in [-0.2, 0) is 0 Å². The van der Waals surface area contributed by atoms with Crippen LogP contribution in [0.4, 0.5) is 5.82 Å². The Labute approximate surface area is 93.7 Å². The lowest BCUT2D eigenvalue weighted by Gasteiger charge is -2.06. The Morgan fingerprint density at radius 1 is 1.27 bits per heavy atom. The van der Waals surface area contributed by atoms with E-state index in [2.05, 4.69) is 10.4 Å². The Balaban J connectivity index is 2.48. The molecule has 0 saturated carbocycles. The second kappa shape index (κ2) is 3.95. The summed E-state index contributed by atoms with van der Waals surface area (Å²) in [6.07, 6.45) is 0. The lowest BCUT2D eigenvalue weighted by Crippen LogP contribution is -2.01. The standard InChI is InChI=1S/C11H12ClN3/c1-8-7-11(13-2)15(14-8)10-5-3-9(12)4-6-10/h3-7,13H,1-2H3. The third-order valence-corrected chi connectivity index (χ3v) is 2.41. The van der Waals surface area contributed by atoms with Crippen molar-refractivity contribution in [3.8, 4) is 5.69 Å². The predicted molar refractivity (Wildman–Crippen MR) is 62.9 cm³/mol. The van der Waals surface area contributed by atoms with Gasteiger partial charge in [-0.1, -0.05) is 11.6 Å². The van der Waals surface area contributed by atoms with Gasteiger partial charge in [0.25, 0.3) is 0 Å². The molecule has 0 unspecified atom stereocenters. The number of nitrogens with zero attached hydrogens (tertiary/aromatic N) is 2. The van der Waals surface area contributed by atoms with E-state index >= 15 is 0 Å². The van der Waals surface area contributed by atoms with Gasteiger partial charge in [0.15, 0.2) is 0 Å². The smallest absolute Gasteiger partial charge is 0.129 e. The molecule has 0 bridgehead atoms. The zero-order valence-corrected chi connectivity index (χ0v) is 9.42. The number of nitrogens with one attached hydrogen (secondary N) is 1. The topological polar surface area (TPSA) is 29.9 Å². The summed E-state index contributed by atoms with van der Waals surface area (Å²) in [6.45, 7) is 1.97. The van der Waals surface area contributed by atoms with Crippen LogP contribution < -0.4 is 5.32 Å². The summed E-state index contributed by atoms with van der Waals surface area (Å²) >= 11 is 5.83. The van der Waals surface area contributed by atoms with Crippen LogP contribution >= 0.6 is 11.6 Å². The van der Waals surface area contributed by atoms with Gasteiger partial charge >= 0.3 is 0 Å². The zero-order valence-electron chi connectivity index (χ0n) is 8.66. The molecule has 0 aliphatic carbocycles. The minimum absolute atomic E-state index is 0.730. The third-order valence-electron chi connectivity index (χ3n) is 2.16. The van der Waals surface area contributed by atoms with E-state index in [1.54, 1.807) is 0 Å². The molecule has 0 amide bonds. The number of aryl methyl sites for hydroxylation is 1. The highest BCUT2D eigenvalue weighted by Crippen LogP contribution is 2.18. The predicted octanol–water partition coefficient (Wildman–Crippen LogP) is 2.88. The van der Waals surface area contributed by atoms with E-state index in [0.717, 1.165) is 22.2 Å². The van der Waals surface area contributed by atoms with Gasteiger partial charge in [-0.2, -0.15) is 5.10 Å². The van der Waals surface area contributed by atoms with Crippen molar-refractivity contribution in [3.63, 3.8) is 0 Å². The molecule has 0 aliphatic heterocycles. The van der Waals surface area contributed by atoms with Crippen LogP contribution in [0.1, 0.15) is 5.69 Å². The van der Waals surface area contributed by atoms with Gasteiger partial charge in [0, 0.05) is 18.1 Å². The molecule has 1 N–H and O–H groups in total. The normalized spacial score (nSPS) is 10.3. The zero-order chi connectivity index (χ0) is 10.8. The van der Waals surface area contributed by atoms with Crippen LogP contribution in [0.25, 0.3) is 5.69 Å². The molecule has 3 nitrogen and oxygen atoms in total. The summed E-state index contributed by atoms with van der Waals surface area (Å²) in [7, 11) is 1.88. The molecular weight excluding hydrogens is 210 g/mol. The minimum atomic E-state index is 0.730. The first-order valence-corrected chi connectivity index (χ1v) is 5.09. The number of halogens is 1. The van der Waals surface area contributed by atoms with Crippen molar-refractivity contribution in [2.75, 3.05) is 12.4 Å². The quantitative estimate of drug-likeness (QED) is 0.845. The first-order chi connectivity index (χ1) is 7.20. The Kier molecular flexibility index (Phi) is 2.64. The molecule has 0 fully saturated rings. The maximum absolute atomic E-state index is 5.83. The highest BCUT2D eigenvalue weighted by atomic mass is 35.5. The van der Waals surface area contributed by atoms with Crippen molar-refractivity contribution in [3.05, 3.63) is 41.0 Å². The highest BCUT2D eigenvalue weighted by Gasteiger charge is 2.05. The summed E-state index contributed by atoms with van der Waals surface area (Å²) in [6, 6.07) is 9.58. The van der Waals surface area contributed by atoms with Gasteiger partial charge in [-0.25, -0.2) is 4.68 Å². The molecule has 2 rings (SSSR count). The number of aromatic nitrogens is 2. The molecule has 2 aromatic rings. The van der Waals surface area contributed by atoms with Gasteiger partial charge in [0.1, 0.15) is 5.82 Å². The molecule has 4 heteroatoms. The Morgan fingerprint density at radius 3 is 2.53 bits per heavy atom. The minimum Gasteiger partial charge on any atom is -0.373 e. The summed E-state index contributed by atoms with van der Waals surface area (Å²) in [4.78, 5) is 0. The van der Waals surface area contributed by atoms with Crippen molar-refractivity contribution in [1.29, 1.82) is 0 Å². The number of hydrogen-bond donors (Lipinski definition) is 1. The maximum Gasteiger partial charge on any atom is 0.129 e. The van der Waals surface area contributed by atoms with E-state index in [4.69, 9.17) is 11.6 Å². The highest BCUT2D eigenvalue weighted by molar-refractivity contribution is 6.30. The summed E-state index contributed by atoms with van der Waals surface area (Å²) in [5, 5.41) is 8.22. The van der Waals surface area contributed by atoms with E-state index in [9.17, 15) is 0 Å². The van der Waals surface area contributed by atoms with Gasteiger partial charge in [-0.05, 0) is 31.2 Å². The van der Waals surface area contributed by atoms with E-state index < -0.39 is 0 Å². The van der Waals surface area contributed by atoms with Gasteiger partial charge in [0.2, 0.25) is 0 Å². The fourth-order valence-corrected chi connectivity index (χ4v) is 1.58. The molecule has 0 radical (unpaired) electrons. The molecule has 0 saturated heterocycles. The van der Waals surface area contributed by atoms with E-state index in [0.29, 0.717) is 0 Å². The monoisotopic (exact) mass is 221 g/mol. The summed E-state index contributed by atoms with van der Waals surface area (Å²) in [5.41, 5.74) is 1.98. The van der Waals surface area contributed by atoms with E-state index in [1.165, 1.54) is 0 Å². The second-order valence-corrected chi connectivity index (χ2v) is 3.75. The van der Waals surface area contributed by atoms with Crippen LogP contribution in [0.3, 0.4) is 0 Å². The molecule has 1 aromatic carbocycles. The van der Waals surface area contributed by atoms with Crippen molar-refractivity contribution in [2.24, 2.45) is 0 Å². The van der Waals surface area contributed by atoms with Crippen molar-refractivity contribution in [2.45, 2.75) is 6.92 Å². The van der Waals surface area contributed by atoms with E-state index in [-0.39, 0.29) is 0 Å². The summed E-state index contributed by atoms with van der Waals surface area (Å²) in [5.74, 6) is 0.967. The van der Waals surface area contributed by atoms with Crippen LogP contribution in [0, 0.1) is 6.92 Å². The number of hydrogen-bond acceptors (Lipinski definition) is 2. The Hall–Kier alpha value is -1.48. The van der Waals surface area contributed by atoms with Crippen molar-refractivity contribution >= 4 is 17.4 Å². The van der Waals surface area contributed by atoms with Crippen LogP contribution in [0.15, 0.2) is 30.3 Å². The third kappa shape index (κ3) is 1.97. The number of rotatable bonds is 2. The molecular formula is C11H12ClN3. The average Bonchev–Trinajstić information content (AvgIpc) is 2.61. The second-order valence-electron chi connectivity index (χ2n) is 3.31. The molecule has 0 spiro atoms. The van der Waals surface area contributed by atoms with Gasteiger partial charge in [-0.3, -0.25) is 0 Å². The average molecular weight is 222 g/mol. The fraction of sp³-hybridized carbons (Fsp3) is 0.182. The largest absolute Gasteiger partial charge is 0.373 e. The van der Waals surface area contributed by atoms with Crippen LogP contribution in [0.2, 0.25) is 5.02 Å².